The average Bonchev–Trinajstić information content (AvgIpc) is 2.83. The van der Waals surface area contributed by atoms with Crippen molar-refractivity contribution in [1.82, 2.24) is 5.32 Å². The summed E-state index contributed by atoms with van der Waals surface area (Å²) in [6.45, 7) is 3.18. The second-order valence-electron chi connectivity index (χ2n) is 4.11. The molecule has 0 bridgehead atoms. The van der Waals surface area contributed by atoms with Crippen LogP contribution in [0.15, 0.2) is 41.1 Å². The van der Waals surface area contributed by atoms with Crippen molar-refractivity contribution in [1.29, 1.82) is 0 Å². The Balaban J connectivity index is 1.81. The minimum atomic E-state index is 0.367. The Morgan fingerprint density at radius 1 is 1.24 bits per heavy atom. The van der Waals surface area contributed by atoms with Gasteiger partial charge in [0.1, 0.15) is 0 Å². The Hall–Kier alpha value is -0.830. The van der Waals surface area contributed by atoms with Crippen LogP contribution in [-0.2, 0) is 6.42 Å². The van der Waals surface area contributed by atoms with Crippen molar-refractivity contribution in [3.63, 3.8) is 0 Å². The molecule has 0 aliphatic carbocycles. The summed E-state index contributed by atoms with van der Waals surface area (Å²) >= 11 is 7.62. The van der Waals surface area contributed by atoms with Crippen LogP contribution in [0.1, 0.15) is 24.1 Å². The van der Waals surface area contributed by atoms with Gasteiger partial charge in [-0.15, -0.1) is 0 Å². The van der Waals surface area contributed by atoms with E-state index in [9.17, 15) is 0 Å². The fourth-order valence-corrected chi connectivity index (χ4v) is 2.57. The third-order valence-electron chi connectivity index (χ3n) is 2.81. The van der Waals surface area contributed by atoms with Crippen LogP contribution in [0.4, 0.5) is 0 Å². The maximum atomic E-state index is 5.87. The van der Waals surface area contributed by atoms with Crippen LogP contribution in [0.5, 0.6) is 0 Å². The van der Waals surface area contributed by atoms with Crippen LogP contribution in [0.25, 0.3) is 0 Å². The first-order valence-corrected chi connectivity index (χ1v) is 7.08. The van der Waals surface area contributed by atoms with Gasteiger partial charge in [0, 0.05) is 11.1 Å². The number of rotatable bonds is 5. The molecule has 0 fully saturated rings. The summed E-state index contributed by atoms with van der Waals surface area (Å²) < 4.78 is 0. The van der Waals surface area contributed by atoms with Gasteiger partial charge in [0.15, 0.2) is 0 Å². The SMILES string of the molecule is C[C@@H](NCCc1ccsc1)c1ccc(Cl)cc1. The third-order valence-corrected chi connectivity index (χ3v) is 3.80. The summed E-state index contributed by atoms with van der Waals surface area (Å²) in [5.74, 6) is 0. The van der Waals surface area contributed by atoms with Crippen molar-refractivity contribution >= 4 is 22.9 Å². The van der Waals surface area contributed by atoms with Gasteiger partial charge in [0.2, 0.25) is 0 Å². The number of nitrogens with one attached hydrogen (secondary N) is 1. The highest BCUT2D eigenvalue weighted by Crippen LogP contribution is 2.16. The van der Waals surface area contributed by atoms with Gasteiger partial charge in [-0.2, -0.15) is 11.3 Å². The topological polar surface area (TPSA) is 12.0 Å². The summed E-state index contributed by atoms with van der Waals surface area (Å²) in [6, 6.07) is 10.6. The largest absolute Gasteiger partial charge is 0.310 e. The molecular weight excluding hydrogens is 250 g/mol. The number of halogens is 1. The van der Waals surface area contributed by atoms with E-state index in [0.717, 1.165) is 18.0 Å². The molecule has 1 aromatic heterocycles. The quantitative estimate of drug-likeness (QED) is 0.850. The highest BCUT2D eigenvalue weighted by atomic mass is 35.5. The van der Waals surface area contributed by atoms with Crippen molar-refractivity contribution in [2.75, 3.05) is 6.54 Å². The van der Waals surface area contributed by atoms with Gasteiger partial charge in [-0.05, 0) is 60.0 Å². The van der Waals surface area contributed by atoms with E-state index < -0.39 is 0 Å². The van der Waals surface area contributed by atoms with Crippen molar-refractivity contribution in [3.8, 4) is 0 Å². The zero-order chi connectivity index (χ0) is 12.1. The molecule has 1 aromatic carbocycles. The lowest BCUT2D eigenvalue weighted by atomic mass is 10.1. The zero-order valence-corrected chi connectivity index (χ0v) is 11.4. The molecule has 1 nitrogen and oxygen atoms in total. The lowest BCUT2D eigenvalue weighted by molar-refractivity contribution is 0.577. The van der Waals surface area contributed by atoms with Crippen molar-refractivity contribution in [2.24, 2.45) is 0 Å². The first-order valence-electron chi connectivity index (χ1n) is 5.75. The van der Waals surface area contributed by atoms with Crippen LogP contribution in [0.2, 0.25) is 5.02 Å². The van der Waals surface area contributed by atoms with Gasteiger partial charge in [-0.25, -0.2) is 0 Å². The highest BCUT2D eigenvalue weighted by molar-refractivity contribution is 7.07. The molecule has 2 rings (SSSR count). The number of benzene rings is 1. The number of hydrogen-bond donors (Lipinski definition) is 1. The molecule has 0 spiro atoms. The molecule has 2 aromatic rings. The Bertz CT molecular complexity index is 436. The Labute approximate surface area is 111 Å². The van der Waals surface area contributed by atoms with Crippen LogP contribution < -0.4 is 5.32 Å². The normalized spacial score (nSPS) is 12.6. The van der Waals surface area contributed by atoms with E-state index >= 15 is 0 Å². The summed E-state index contributed by atoms with van der Waals surface area (Å²) in [5, 5.41) is 8.64. The zero-order valence-electron chi connectivity index (χ0n) is 9.82. The summed E-state index contributed by atoms with van der Waals surface area (Å²) in [5.41, 5.74) is 2.69. The molecule has 0 aliphatic heterocycles. The molecular formula is C14H16ClNS. The van der Waals surface area contributed by atoms with E-state index in [0.29, 0.717) is 6.04 Å². The van der Waals surface area contributed by atoms with Gasteiger partial charge in [0.25, 0.3) is 0 Å². The maximum absolute atomic E-state index is 5.87. The van der Waals surface area contributed by atoms with Crippen molar-refractivity contribution in [2.45, 2.75) is 19.4 Å². The molecule has 90 valence electrons. The van der Waals surface area contributed by atoms with Gasteiger partial charge >= 0.3 is 0 Å². The van der Waals surface area contributed by atoms with E-state index in [1.807, 2.05) is 12.1 Å². The van der Waals surface area contributed by atoms with Gasteiger partial charge in [0.05, 0.1) is 0 Å². The Morgan fingerprint density at radius 2 is 2.00 bits per heavy atom. The van der Waals surface area contributed by atoms with E-state index in [2.05, 4.69) is 41.2 Å². The van der Waals surface area contributed by atoms with Gasteiger partial charge < -0.3 is 5.32 Å². The summed E-state index contributed by atoms with van der Waals surface area (Å²) in [6.07, 6.45) is 1.08. The van der Waals surface area contributed by atoms with Crippen molar-refractivity contribution in [3.05, 3.63) is 57.2 Å². The van der Waals surface area contributed by atoms with Crippen LogP contribution in [-0.4, -0.2) is 6.54 Å². The molecule has 0 radical (unpaired) electrons. The van der Waals surface area contributed by atoms with E-state index in [1.165, 1.54) is 11.1 Å². The first-order chi connectivity index (χ1) is 8.25. The second-order valence-corrected chi connectivity index (χ2v) is 5.33. The molecule has 3 heteroatoms. The van der Waals surface area contributed by atoms with E-state index in [-0.39, 0.29) is 0 Å². The average molecular weight is 266 g/mol. The number of thiophene rings is 1. The minimum Gasteiger partial charge on any atom is -0.310 e. The molecule has 0 saturated carbocycles. The van der Waals surface area contributed by atoms with Crippen LogP contribution >= 0.6 is 22.9 Å². The standard InChI is InChI=1S/C14H16ClNS/c1-11(13-2-4-14(15)5-3-13)16-8-6-12-7-9-17-10-12/h2-5,7,9-11,16H,6,8H2,1H3/t11-/m1/s1. The summed E-state index contributed by atoms with van der Waals surface area (Å²) in [4.78, 5) is 0. The van der Waals surface area contributed by atoms with E-state index in [1.54, 1.807) is 11.3 Å². The molecule has 0 unspecified atom stereocenters. The minimum absolute atomic E-state index is 0.367. The second kappa shape index (κ2) is 6.20. The van der Waals surface area contributed by atoms with Gasteiger partial charge in [-0.3, -0.25) is 0 Å². The first kappa shape index (κ1) is 12.6. The highest BCUT2D eigenvalue weighted by Gasteiger charge is 2.04. The van der Waals surface area contributed by atoms with Crippen LogP contribution in [0, 0.1) is 0 Å². The predicted octanol–water partition coefficient (Wildman–Crippen LogP) is 4.29. The van der Waals surface area contributed by atoms with Crippen molar-refractivity contribution < 1.29 is 0 Å². The Morgan fingerprint density at radius 3 is 2.65 bits per heavy atom. The van der Waals surface area contributed by atoms with E-state index in [4.69, 9.17) is 11.6 Å². The summed E-state index contributed by atoms with van der Waals surface area (Å²) in [7, 11) is 0. The fraction of sp³-hybridized carbons (Fsp3) is 0.286. The molecule has 17 heavy (non-hydrogen) atoms. The smallest absolute Gasteiger partial charge is 0.0406 e. The fourth-order valence-electron chi connectivity index (χ4n) is 1.74. The molecule has 0 saturated heterocycles. The number of hydrogen-bond acceptors (Lipinski definition) is 2. The predicted molar refractivity (Wildman–Crippen MR) is 75.9 cm³/mol. The molecule has 0 aliphatic rings. The molecule has 1 atom stereocenters. The maximum Gasteiger partial charge on any atom is 0.0406 e. The molecule has 1 N–H and O–H groups in total. The lowest BCUT2D eigenvalue weighted by Gasteiger charge is -2.13. The lowest BCUT2D eigenvalue weighted by Crippen LogP contribution is -2.21. The third kappa shape index (κ3) is 3.84. The van der Waals surface area contributed by atoms with Crippen LogP contribution in [0.3, 0.4) is 0 Å². The Kier molecular flexibility index (Phi) is 4.60. The molecule has 0 amide bonds. The van der Waals surface area contributed by atoms with Gasteiger partial charge in [-0.1, -0.05) is 23.7 Å². The monoisotopic (exact) mass is 265 g/mol. The molecule has 1 heterocycles.